The SMILES string of the molecule is COc1ccccc1C[C@@H](C)N(C)CC(=O)Nc1cc(C)on1. The van der Waals surface area contributed by atoms with Gasteiger partial charge in [-0.05, 0) is 38.9 Å². The first-order valence-corrected chi connectivity index (χ1v) is 7.55. The van der Waals surface area contributed by atoms with Crippen molar-refractivity contribution < 1.29 is 14.1 Å². The number of nitrogens with zero attached hydrogens (tertiary/aromatic N) is 2. The Labute approximate surface area is 136 Å². The number of ether oxygens (including phenoxy) is 1. The number of likely N-dealkylation sites (N-methyl/N-ethyl adjacent to an activating group) is 1. The summed E-state index contributed by atoms with van der Waals surface area (Å²) < 4.78 is 10.3. The van der Waals surface area contributed by atoms with Crippen LogP contribution < -0.4 is 10.1 Å². The van der Waals surface area contributed by atoms with E-state index < -0.39 is 0 Å². The lowest BCUT2D eigenvalue weighted by Crippen LogP contribution is -2.37. The van der Waals surface area contributed by atoms with E-state index in [0.29, 0.717) is 11.6 Å². The van der Waals surface area contributed by atoms with E-state index in [1.54, 1.807) is 20.1 Å². The second kappa shape index (κ2) is 7.78. The number of nitrogens with one attached hydrogen (secondary N) is 1. The number of benzene rings is 1. The Morgan fingerprint density at radius 3 is 2.83 bits per heavy atom. The standard InChI is InChI=1S/C17H23N3O3/c1-12(9-14-7-5-6-8-15(14)22-4)20(3)11-17(21)18-16-10-13(2)23-19-16/h5-8,10,12H,9,11H2,1-4H3,(H,18,19,21)/t12-/m1/s1. The molecule has 6 nitrogen and oxygen atoms in total. The van der Waals surface area contributed by atoms with Crippen molar-refractivity contribution in [2.24, 2.45) is 0 Å². The third kappa shape index (κ3) is 4.82. The molecule has 1 amide bonds. The van der Waals surface area contributed by atoms with Gasteiger partial charge in [-0.1, -0.05) is 23.4 Å². The summed E-state index contributed by atoms with van der Waals surface area (Å²) in [6.07, 6.45) is 0.802. The van der Waals surface area contributed by atoms with E-state index in [2.05, 4.69) is 17.4 Å². The fourth-order valence-corrected chi connectivity index (χ4v) is 2.34. The van der Waals surface area contributed by atoms with Crippen molar-refractivity contribution in [1.29, 1.82) is 0 Å². The Kier molecular flexibility index (Phi) is 5.76. The van der Waals surface area contributed by atoms with Gasteiger partial charge in [0.2, 0.25) is 5.91 Å². The number of carbonyl (C=O) groups excluding carboxylic acids is 1. The molecule has 23 heavy (non-hydrogen) atoms. The summed E-state index contributed by atoms with van der Waals surface area (Å²) in [6.45, 7) is 4.15. The van der Waals surface area contributed by atoms with Gasteiger partial charge in [0, 0.05) is 12.1 Å². The normalized spacial score (nSPS) is 12.2. The van der Waals surface area contributed by atoms with E-state index in [-0.39, 0.29) is 18.5 Å². The summed E-state index contributed by atoms with van der Waals surface area (Å²) in [4.78, 5) is 14.0. The van der Waals surface area contributed by atoms with Gasteiger partial charge >= 0.3 is 0 Å². The van der Waals surface area contributed by atoms with Gasteiger partial charge in [-0.25, -0.2) is 0 Å². The number of hydrogen-bond acceptors (Lipinski definition) is 5. The van der Waals surface area contributed by atoms with Crippen LogP contribution in [-0.2, 0) is 11.2 Å². The molecule has 1 heterocycles. The van der Waals surface area contributed by atoms with Gasteiger partial charge in [0.25, 0.3) is 0 Å². The van der Waals surface area contributed by atoms with Crippen LogP contribution >= 0.6 is 0 Å². The Morgan fingerprint density at radius 2 is 2.17 bits per heavy atom. The van der Waals surface area contributed by atoms with Crippen molar-refractivity contribution in [1.82, 2.24) is 10.1 Å². The van der Waals surface area contributed by atoms with Crippen LogP contribution in [0.1, 0.15) is 18.2 Å². The average molecular weight is 317 g/mol. The highest BCUT2D eigenvalue weighted by atomic mass is 16.5. The van der Waals surface area contributed by atoms with E-state index in [9.17, 15) is 4.79 Å². The first-order chi connectivity index (χ1) is 11.0. The maximum Gasteiger partial charge on any atom is 0.239 e. The minimum atomic E-state index is -0.118. The zero-order valence-electron chi connectivity index (χ0n) is 14.0. The summed E-state index contributed by atoms with van der Waals surface area (Å²) in [6, 6.07) is 9.81. The number of aryl methyl sites for hydroxylation is 1. The van der Waals surface area contributed by atoms with Crippen molar-refractivity contribution >= 4 is 11.7 Å². The zero-order valence-corrected chi connectivity index (χ0v) is 14.0. The number of rotatable bonds is 7. The number of methoxy groups -OCH3 is 1. The number of anilines is 1. The molecule has 1 aromatic heterocycles. The van der Waals surface area contributed by atoms with Gasteiger partial charge in [-0.3, -0.25) is 9.69 Å². The smallest absolute Gasteiger partial charge is 0.239 e. The Balaban J connectivity index is 1.89. The molecular formula is C17H23N3O3. The molecule has 6 heteroatoms. The second-order valence-corrected chi connectivity index (χ2v) is 5.65. The van der Waals surface area contributed by atoms with Crippen molar-refractivity contribution in [3.05, 3.63) is 41.7 Å². The lowest BCUT2D eigenvalue weighted by Gasteiger charge is -2.24. The van der Waals surface area contributed by atoms with Crippen molar-refractivity contribution in [2.75, 3.05) is 26.0 Å². The molecule has 0 aliphatic carbocycles. The van der Waals surface area contributed by atoms with Crippen LogP contribution in [0.2, 0.25) is 0 Å². The largest absolute Gasteiger partial charge is 0.496 e. The fraction of sp³-hybridized carbons (Fsp3) is 0.412. The van der Waals surface area contributed by atoms with Crippen LogP contribution in [0.25, 0.3) is 0 Å². The maximum atomic E-state index is 12.1. The third-order valence-electron chi connectivity index (χ3n) is 3.75. The van der Waals surface area contributed by atoms with Crippen LogP contribution in [0.15, 0.2) is 34.9 Å². The summed E-state index contributed by atoms with van der Waals surface area (Å²) in [7, 11) is 3.59. The highest BCUT2D eigenvalue weighted by Crippen LogP contribution is 2.20. The predicted octanol–water partition coefficient (Wildman–Crippen LogP) is 2.49. The molecule has 0 saturated heterocycles. The van der Waals surface area contributed by atoms with E-state index in [0.717, 1.165) is 17.7 Å². The van der Waals surface area contributed by atoms with Crippen LogP contribution in [0.3, 0.4) is 0 Å². The summed E-state index contributed by atoms with van der Waals surface area (Å²) in [5.41, 5.74) is 1.13. The Hall–Kier alpha value is -2.34. The molecule has 0 saturated carbocycles. The van der Waals surface area contributed by atoms with Crippen LogP contribution in [0, 0.1) is 6.92 Å². The fourth-order valence-electron chi connectivity index (χ4n) is 2.34. The van der Waals surface area contributed by atoms with Gasteiger partial charge in [-0.2, -0.15) is 0 Å². The number of amides is 1. The molecule has 0 fully saturated rings. The number of para-hydroxylation sites is 1. The molecule has 0 unspecified atom stereocenters. The van der Waals surface area contributed by atoms with Gasteiger partial charge < -0.3 is 14.6 Å². The number of hydrogen-bond donors (Lipinski definition) is 1. The summed E-state index contributed by atoms with van der Waals surface area (Å²) in [5, 5.41) is 6.48. The van der Waals surface area contributed by atoms with Crippen LogP contribution in [-0.4, -0.2) is 42.7 Å². The number of carbonyl (C=O) groups is 1. The molecule has 0 radical (unpaired) electrons. The third-order valence-corrected chi connectivity index (χ3v) is 3.75. The molecule has 124 valence electrons. The predicted molar refractivity (Wildman–Crippen MR) is 88.7 cm³/mol. The van der Waals surface area contributed by atoms with E-state index in [4.69, 9.17) is 9.26 Å². The molecule has 2 rings (SSSR count). The molecule has 0 aliphatic heterocycles. The van der Waals surface area contributed by atoms with Crippen molar-refractivity contribution in [3.8, 4) is 5.75 Å². The number of aromatic nitrogens is 1. The summed E-state index contributed by atoms with van der Waals surface area (Å²) in [5.74, 6) is 1.86. The van der Waals surface area contributed by atoms with Crippen molar-refractivity contribution in [3.63, 3.8) is 0 Å². The first-order valence-electron chi connectivity index (χ1n) is 7.55. The summed E-state index contributed by atoms with van der Waals surface area (Å²) >= 11 is 0. The van der Waals surface area contributed by atoms with Crippen LogP contribution in [0.5, 0.6) is 5.75 Å². The van der Waals surface area contributed by atoms with Gasteiger partial charge in [0.15, 0.2) is 5.82 Å². The minimum Gasteiger partial charge on any atom is -0.496 e. The topological polar surface area (TPSA) is 67.6 Å². The second-order valence-electron chi connectivity index (χ2n) is 5.65. The lowest BCUT2D eigenvalue weighted by molar-refractivity contribution is -0.117. The monoisotopic (exact) mass is 317 g/mol. The maximum absolute atomic E-state index is 12.1. The van der Waals surface area contributed by atoms with Gasteiger partial charge in [0.05, 0.1) is 13.7 Å². The molecular weight excluding hydrogens is 294 g/mol. The Bertz CT molecular complexity index is 654. The van der Waals surface area contributed by atoms with E-state index >= 15 is 0 Å². The van der Waals surface area contributed by atoms with Crippen LogP contribution in [0.4, 0.5) is 5.82 Å². The molecule has 1 aromatic carbocycles. The highest BCUT2D eigenvalue weighted by molar-refractivity contribution is 5.91. The van der Waals surface area contributed by atoms with E-state index in [1.807, 2.05) is 36.2 Å². The molecule has 1 atom stereocenters. The van der Waals surface area contributed by atoms with Gasteiger partial charge in [-0.15, -0.1) is 0 Å². The minimum absolute atomic E-state index is 0.118. The molecule has 1 N–H and O–H groups in total. The van der Waals surface area contributed by atoms with Crippen molar-refractivity contribution in [2.45, 2.75) is 26.3 Å². The lowest BCUT2D eigenvalue weighted by atomic mass is 10.1. The molecule has 0 aliphatic rings. The quantitative estimate of drug-likeness (QED) is 0.850. The zero-order chi connectivity index (χ0) is 16.8. The van der Waals surface area contributed by atoms with Gasteiger partial charge in [0.1, 0.15) is 11.5 Å². The molecule has 2 aromatic rings. The molecule has 0 bridgehead atoms. The average Bonchev–Trinajstić information content (AvgIpc) is 2.92. The molecule has 0 spiro atoms. The Morgan fingerprint density at radius 1 is 1.43 bits per heavy atom. The highest BCUT2D eigenvalue weighted by Gasteiger charge is 2.16. The first kappa shape index (κ1) is 17.0. The van der Waals surface area contributed by atoms with E-state index in [1.165, 1.54) is 0 Å².